The second-order valence-corrected chi connectivity index (χ2v) is 34.0. The van der Waals surface area contributed by atoms with E-state index in [0.717, 1.165) is 0 Å². The van der Waals surface area contributed by atoms with Gasteiger partial charge >= 0.3 is 309 Å². The van der Waals surface area contributed by atoms with Gasteiger partial charge in [0.2, 0.25) is 0 Å². The molecule has 0 atom stereocenters. The minimum atomic E-state index is -0.231. The molecule has 9 aliphatic rings. The van der Waals surface area contributed by atoms with Crippen LogP contribution in [-0.4, -0.2) is 221 Å². The van der Waals surface area contributed by atoms with Gasteiger partial charge in [-0.2, -0.15) is 0 Å². The van der Waals surface area contributed by atoms with Crippen LogP contribution in [0.15, 0.2) is 87.4 Å². The van der Waals surface area contributed by atoms with Crippen LogP contribution in [0.4, 0.5) is 0 Å². The molecule has 0 saturated carbocycles. The summed E-state index contributed by atoms with van der Waals surface area (Å²) in [6.07, 6.45) is 4.89. The molecule has 9 aliphatic heterocycles. The Morgan fingerprint density at radius 2 is 0.556 bits per heavy atom. The van der Waals surface area contributed by atoms with E-state index >= 15 is 0 Å². The standard InChI is InChI=1S/C27H11.9Sb/c1-10-12-14-22(4)16-24(6)18-26(8)20-27(9)19-25(7)17-23(5)15-21(3)13-11-2;;;;;;;;;/h1-11H;;;;;;;;;. The number of allylic oxidation sites excluding steroid dienone is 9. The van der Waals surface area contributed by atoms with Crippen molar-refractivity contribution in [2.75, 3.05) is 0 Å². The van der Waals surface area contributed by atoms with Crippen molar-refractivity contribution in [1.82, 2.24) is 0 Å². The molecule has 0 aromatic heterocycles. The van der Waals surface area contributed by atoms with E-state index in [9.17, 15) is 0 Å². The fraction of sp³-hybridized carbons (Fsp3) is 0. The van der Waals surface area contributed by atoms with Crippen LogP contribution in [0.5, 0.6) is 0 Å². The van der Waals surface area contributed by atoms with Gasteiger partial charge < -0.3 is 0 Å². The van der Waals surface area contributed by atoms with Gasteiger partial charge in [0.25, 0.3) is 0 Å². The van der Waals surface area contributed by atoms with E-state index in [1.165, 1.54) is 0 Å². The molecule has 0 radical (unpaired) electrons. The average molecular weight is 1430 g/mol. The second kappa shape index (κ2) is 10.8. The molecule has 0 N–H and O–H groups in total. The maximum absolute atomic E-state index is 2.75. The van der Waals surface area contributed by atoms with Crippen molar-refractivity contribution in [1.29, 1.82) is 0 Å². The van der Waals surface area contributed by atoms with E-state index in [-0.39, 0.29) is 190 Å². The Morgan fingerprint density at radius 1 is 0.278 bits per heavy atom. The van der Waals surface area contributed by atoms with Gasteiger partial charge in [0, 0.05) is 0 Å². The number of hydrogen-bond acceptors (Lipinski definition) is 0. The van der Waals surface area contributed by atoms with Crippen molar-refractivity contribution in [3.05, 3.63) is 87.4 Å². The zero-order chi connectivity index (χ0) is 23.4. The second-order valence-electron chi connectivity index (χ2n) is 8.80. The summed E-state index contributed by atoms with van der Waals surface area (Å²) in [5.41, 5.74) is 12.4. The fourth-order valence-corrected chi connectivity index (χ4v) is 40.6. The molecule has 0 bridgehead atoms. The van der Waals surface area contributed by atoms with Crippen LogP contribution in [0.25, 0.3) is 0 Å². The molecular formula is C27H11Sb9. The third-order valence-electron chi connectivity index (χ3n) is 6.99. The molecule has 0 spiro atoms. The van der Waals surface area contributed by atoms with Crippen LogP contribution in [0, 0.1) is 0 Å². The minimum absolute atomic E-state index is 0.0586. The van der Waals surface area contributed by atoms with Crippen molar-refractivity contribution in [2.45, 2.75) is 0 Å². The van der Waals surface area contributed by atoms with Crippen LogP contribution in [0.1, 0.15) is 0 Å². The Labute approximate surface area is 301 Å². The summed E-state index contributed by atoms with van der Waals surface area (Å²) in [5, 5.41) is 0. The van der Waals surface area contributed by atoms with Gasteiger partial charge in [-0.15, -0.1) is 0 Å². The summed E-state index contributed by atoms with van der Waals surface area (Å²) >= 11 is -1.51. The predicted octanol–water partition coefficient (Wildman–Crippen LogP) is -1.79. The van der Waals surface area contributed by atoms with Crippen molar-refractivity contribution in [3.8, 4) is 0 Å². The molecule has 0 aromatic rings. The Bertz CT molecular complexity index is 1750. The van der Waals surface area contributed by atoms with E-state index in [1.807, 2.05) is 27.6 Å². The number of rotatable bonds is 8. The summed E-state index contributed by atoms with van der Waals surface area (Å²) in [6, 6.07) is 0. The Hall–Kier alpha value is 3.85. The Morgan fingerprint density at radius 3 is 0.778 bits per heavy atom. The molecule has 9 heteroatoms. The van der Waals surface area contributed by atoms with E-state index in [2.05, 4.69) is 48.4 Å². The van der Waals surface area contributed by atoms with Crippen LogP contribution in [0.3, 0.4) is 0 Å². The SMILES string of the molecule is [CH]1=C[C](C2=[CH][Sb]=[C]2C2=[CH][Sb]=[C]2C2=[CH][Sb]=[C]2C2=[CH][Sb]=[C]2C2=[CH][Sb]=[C]2C2=[CH][Sb]=[C]2C2=[CH][Sb]=[C]2[C]2=[Sb][CH]=C2)=[Sb]1. The number of hydrogen-bond donors (Lipinski definition) is 0. The third-order valence-corrected chi connectivity index (χ3v) is 36.5. The van der Waals surface area contributed by atoms with Gasteiger partial charge in [-0.3, -0.25) is 0 Å². The fourth-order valence-electron chi connectivity index (χ4n) is 4.67. The summed E-state index contributed by atoms with van der Waals surface area (Å²) in [5.74, 6) is 0. The molecule has 0 nitrogen and oxygen atoms in total. The Kier molecular flexibility index (Phi) is 7.87. The molecule has 0 fully saturated rings. The molecule has 36 heavy (non-hydrogen) atoms. The summed E-state index contributed by atoms with van der Waals surface area (Å²) in [4.78, 5) is 0. The molecule has 0 aromatic carbocycles. The molecule has 0 saturated heterocycles. The Balaban J connectivity index is 0.880. The average Bonchev–Trinajstić information content (AvgIpc) is 2.72. The van der Waals surface area contributed by atoms with E-state index < -0.39 is 0 Å². The first-order valence-electron chi connectivity index (χ1n) is 11.4. The first-order valence-corrected chi connectivity index (χ1v) is 36.1. The topological polar surface area (TPSA) is 0 Å². The van der Waals surface area contributed by atoms with Gasteiger partial charge in [-0.1, -0.05) is 0 Å². The first kappa shape index (κ1) is 26.3. The monoisotopic (exact) mass is 1420 g/mol. The summed E-state index contributed by atoms with van der Waals surface area (Å²) < 4.78 is 41.0. The third kappa shape index (κ3) is 4.18. The van der Waals surface area contributed by atoms with Crippen molar-refractivity contribution in [3.63, 3.8) is 0 Å². The predicted molar refractivity (Wildman–Crippen MR) is 172 cm³/mol. The maximum atomic E-state index is 2.75. The zero-order valence-corrected chi connectivity index (χ0v) is 41.4. The van der Waals surface area contributed by atoms with Gasteiger partial charge in [-0.05, 0) is 0 Å². The molecular weight excluding hydrogens is 1420 g/mol. The van der Waals surface area contributed by atoms with Crippen LogP contribution < -0.4 is 0 Å². The summed E-state index contributed by atoms with van der Waals surface area (Å²) in [6.45, 7) is 0. The van der Waals surface area contributed by atoms with Crippen LogP contribution >= 0.6 is 0 Å². The quantitative estimate of drug-likeness (QED) is 0.253. The summed E-state index contributed by atoms with van der Waals surface area (Å²) in [7, 11) is 0. The molecule has 9 heterocycles. The molecule has 164 valence electrons. The van der Waals surface area contributed by atoms with Crippen molar-refractivity contribution >= 4 is 221 Å². The van der Waals surface area contributed by atoms with E-state index in [0.29, 0.717) is 0 Å². The molecule has 0 aliphatic carbocycles. The van der Waals surface area contributed by atoms with Crippen molar-refractivity contribution in [2.24, 2.45) is 0 Å². The zero-order valence-electron chi connectivity index (χ0n) is 18.4. The van der Waals surface area contributed by atoms with Gasteiger partial charge in [0.1, 0.15) is 0 Å². The van der Waals surface area contributed by atoms with Gasteiger partial charge in [0.15, 0.2) is 0 Å². The first-order chi connectivity index (χ1) is 17.8. The van der Waals surface area contributed by atoms with Gasteiger partial charge in [-0.25, -0.2) is 0 Å². The van der Waals surface area contributed by atoms with Gasteiger partial charge in [0.05, 0.1) is 0 Å². The molecule has 9 rings (SSSR count). The van der Waals surface area contributed by atoms with E-state index in [1.54, 1.807) is 42.5 Å². The normalized spacial score (nSPS) is 24.9. The molecule has 0 amide bonds. The van der Waals surface area contributed by atoms with E-state index in [4.69, 9.17) is 0 Å². The van der Waals surface area contributed by atoms with Crippen molar-refractivity contribution < 1.29 is 0 Å². The van der Waals surface area contributed by atoms with Crippen LogP contribution in [-0.2, 0) is 0 Å². The molecule has 0 unspecified atom stereocenters. The van der Waals surface area contributed by atoms with Crippen LogP contribution in [0.2, 0.25) is 0 Å².